The Morgan fingerprint density at radius 3 is 2.70 bits per heavy atom. The van der Waals surface area contributed by atoms with Gasteiger partial charge in [0, 0.05) is 66.3 Å². The van der Waals surface area contributed by atoms with Gasteiger partial charge in [0.05, 0.1) is 24.1 Å². The molecule has 0 spiro atoms. The number of carboxylic acid groups (broad SMARTS) is 1. The number of aliphatic carboxylic acids is 1. The Kier molecular flexibility index (Phi) is 8.57. The zero-order valence-corrected chi connectivity index (χ0v) is 26.9. The zero-order chi connectivity index (χ0) is 32.7. The van der Waals surface area contributed by atoms with E-state index >= 15 is 0 Å². The number of urea groups is 1. The van der Waals surface area contributed by atoms with Crippen LogP contribution in [0.5, 0.6) is 0 Å². The standard InChI is InChI=1S/C32H32ClFN6O5S/c1-32(2,30(42)43)18-5-4-6-20(13-18)40-16-21-15-38(10-11-39(21)31(40)44)17-24-25(29(41)45-3)26(22-8-7-19(34)14-23(22)33)37-27(36-24)28-35-9-12-46-28/h4-9,12-14,21,26H,10-11,15-17H2,1-3H3,(H,36,37)(H,42,43). The number of esters is 1. The lowest BCUT2D eigenvalue weighted by Crippen LogP contribution is -2.53. The SMILES string of the molecule is COC(=O)C1=C(CN2CCN3C(=O)N(c4cccc(C(C)(C)C(=O)O)c4)CC3C2)NC(c2nccs2)=NC1c1ccc(F)cc1Cl. The first-order valence-electron chi connectivity index (χ1n) is 14.6. The number of amides is 2. The summed E-state index contributed by atoms with van der Waals surface area (Å²) in [5.74, 6) is -1.60. The van der Waals surface area contributed by atoms with Crippen LogP contribution in [0.25, 0.3) is 0 Å². The van der Waals surface area contributed by atoms with Crippen LogP contribution >= 0.6 is 22.9 Å². The van der Waals surface area contributed by atoms with Crippen LogP contribution in [0.15, 0.2) is 70.3 Å². The van der Waals surface area contributed by atoms with Gasteiger partial charge in [-0.1, -0.05) is 29.8 Å². The molecule has 14 heteroatoms. The first-order valence-corrected chi connectivity index (χ1v) is 15.9. The minimum Gasteiger partial charge on any atom is -0.481 e. The van der Waals surface area contributed by atoms with Crippen LogP contribution in [0.2, 0.25) is 5.02 Å². The number of hydrogen-bond donors (Lipinski definition) is 2. The van der Waals surface area contributed by atoms with E-state index in [0.717, 1.165) is 0 Å². The summed E-state index contributed by atoms with van der Waals surface area (Å²) in [6.07, 6.45) is 1.66. The number of aliphatic imine (C=N–C) groups is 1. The van der Waals surface area contributed by atoms with E-state index in [1.165, 1.54) is 36.6 Å². The molecule has 2 atom stereocenters. The van der Waals surface area contributed by atoms with Crippen molar-refractivity contribution in [2.45, 2.75) is 31.3 Å². The normalized spacial score (nSPS) is 20.4. The Bertz CT molecular complexity index is 1760. The minimum absolute atomic E-state index is 0.129. The number of anilines is 1. The van der Waals surface area contributed by atoms with Gasteiger partial charge in [-0.25, -0.2) is 19.0 Å². The highest BCUT2D eigenvalue weighted by Gasteiger charge is 2.43. The summed E-state index contributed by atoms with van der Waals surface area (Å²) in [7, 11) is 1.29. The largest absolute Gasteiger partial charge is 0.481 e. The summed E-state index contributed by atoms with van der Waals surface area (Å²) in [6.45, 7) is 5.52. The molecule has 240 valence electrons. The maximum atomic E-state index is 14.0. The van der Waals surface area contributed by atoms with Gasteiger partial charge in [0.1, 0.15) is 11.9 Å². The number of fused-ring (bicyclic) bond motifs is 1. The lowest BCUT2D eigenvalue weighted by Gasteiger charge is -2.38. The monoisotopic (exact) mass is 666 g/mol. The molecule has 0 aliphatic carbocycles. The fraction of sp³-hybridized carbons (Fsp3) is 0.344. The molecule has 2 amide bonds. The molecule has 2 saturated heterocycles. The van der Waals surface area contributed by atoms with Crippen molar-refractivity contribution < 1.29 is 28.6 Å². The number of hydrogen-bond acceptors (Lipinski definition) is 9. The number of benzene rings is 2. The second-order valence-corrected chi connectivity index (χ2v) is 13.1. The maximum Gasteiger partial charge on any atom is 0.338 e. The Balaban J connectivity index is 1.28. The average molecular weight is 667 g/mol. The third kappa shape index (κ3) is 5.85. The number of thiazole rings is 1. The number of carbonyl (C=O) groups excluding carboxylic acids is 2. The van der Waals surface area contributed by atoms with Crippen LogP contribution in [0.3, 0.4) is 0 Å². The topological polar surface area (TPSA) is 128 Å². The molecule has 2 aromatic carbocycles. The van der Waals surface area contributed by atoms with Crippen LogP contribution in [-0.4, -0.2) is 89.6 Å². The lowest BCUT2D eigenvalue weighted by atomic mass is 9.84. The molecule has 2 fully saturated rings. The highest BCUT2D eigenvalue weighted by molar-refractivity contribution is 7.11. The van der Waals surface area contributed by atoms with Gasteiger partial charge in [-0.15, -0.1) is 11.3 Å². The summed E-state index contributed by atoms with van der Waals surface area (Å²) < 4.78 is 19.2. The van der Waals surface area contributed by atoms with Gasteiger partial charge in [-0.05, 0) is 43.7 Å². The van der Waals surface area contributed by atoms with Crippen molar-refractivity contribution in [3.63, 3.8) is 0 Å². The van der Waals surface area contributed by atoms with Crippen molar-refractivity contribution in [1.82, 2.24) is 20.1 Å². The molecule has 4 heterocycles. The number of nitrogens with zero attached hydrogens (tertiary/aromatic N) is 5. The maximum absolute atomic E-state index is 14.0. The van der Waals surface area contributed by atoms with E-state index in [1.807, 2.05) is 16.3 Å². The fourth-order valence-electron chi connectivity index (χ4n) is 6.01. The van der Waals surface area contributed by atoms with Gasteiger partial charge >= 0.3 is 18.0 Å². The summed E-state index contributed by atoms with van der Waals surface area (Å²) >= 11 is 7.86. The number of ether oxygens (including phenoxy) is 1. The number of amidine groups is 1. The van der Waals surface area contributed by atoms with E-state index in [1.54, 1.807) is 43.1 Å². The van der Waals surface area contributed by atoms with Crippen LogP contribution in [-0.2, 0) is 19.7 Å². The Morgan fingerprint density at radius 1 is 1.20 bits per heavy atom. The number of halogens is 2. The number of carboxylic acids is 1. The molecular weight excluding hydrogens is 635 g/mol. The molecular formula is C32H32ClFN6O5S. The molecule has 6 rings (SSSR count). The molecule has 3 aliphatic rings. The third-order valence-corrected chi connectivity index (χ3v) is 9.76. The lowest BCUT2D eigenvalue weighted by molar-refractivity contribution is -0.142. The third-order valence-electron chi connectivity index (χ3n) is 8.66. The van der Waals surface area contributed by atoms with Crippen molar-refractivity contribution in [2.24, 2.45) is 4.99 Å². The summed E-state index contributed by atoms with van der Waals surface area (Å²) in [6, 6.07) is 9.94. The van der Waals surface area contributed by atoms with Crippen LogP contribution in [0, 0.1) is 5.82 Å². The van der Waals surface area contributed by atoms with Crippen molar-refractivity contribution >= 4 is 52.4 Å². The quantitative estimate of drug-likeness (QED) is 0.338. The number of nitrogens with one attached hydrogen (secondary N) is 1. The number of rotatable bonds is 8. The van der Waals surface area contributed by atoms with E-state index in [-0.39, 0.29) is 22.7 Å². The predicted molar refractivity (Wildman–Crippen MR) is 172 cm³/mol. The molecule has 2 N–H and O–H groups in total. The molecule has 46 heavy (non-hydrogen) atoms. The predicted octanol–water partition coefficient (Wildman–Crippen LogP) is 4.44. The van der Waals surface area contributed by atoms with Crippen LogP contribution in [0.4, 0.5) is 14.9 Å². The molecule has 0 saturated carbocycles. The summed E-state index contributed by atoms with van der Waals surface area (Å²) in [4.78, 5) is 53.5. The second-order valence-electron chi connectivity index (χ2n) is 11.8. The van der Waals surface area contributed by atoms with Gasteiger partial charge in [-0.3, -0.25) is 19.6 Å². The molecule has 3 aliphatic heterocycles. The summed E-state index contributed by atoms with van der Waals surface area (Å²) in [5, 5.41) is 15.6. The minimum atomic E-state index is -1.11. The highest BCUT2D eigenvalue weighted by atomic mass is 35.5. The van der Waals surface area contributed by atoms with Crippen molar-refractivity contribution in [3.05, 3.63) is 92.3 Å². The van der Waals surface area contributed by atoms with Gasteiger partial charge in [0.25, 0.3) is 0 Å². The first-order chi connectivity index (χ1) is 22.0. The van der Waals surface area contributed by atoms with E-state index in [0.29, 0.717) is 66.1 Å². The fourth-order valence-corrected chi connectivity index (χ4v) is 6.87. The smallest absolute Gasteiger partial charge is 0.338 e. The van der Waals surface area contributed by atoms with Gasteiger partial charge in [-0.2, -0.15) is 0 Å². The Labute approximate surface area is 273 Å². The second kappa shape index (κ2) is 12.5. The first kappa shape index (κ1) is 31.6. The molecule has 11 nitrogen and oxygen atoms in total. The zero-order valence-electron chi connectivity index (χ0n) is 25.4. The van der Waals surface area contributed by atoms with E-state index in [4.69, 9.17) is 21.3 Å². The number of carbonyl (C=O) groups is 3. The summed E-state index contributed by atoms with van der Waals surface area (Å²) in [5.41, 5.74) is 1.39. The molecule has 0 radical (unpaired) electrons. The highest BCUT2D eigenvalue weighted by Crippen LogP contribution is 2.37. The van der Waals surface area contributed by atoms with Crippen molar-refractivity contribution in [3.8, 4) is 0 Å². The molecule has 3 aromatic rings. The van der Waals surface area contributed by atoms with Crippen LogP contribution < -0.4 is 10.2 Å². The van der Waals surface area contributed by atoms with E-state index in [9.17, 15) is 23.9 Å². The molecule has 1 aromatic heterocycles. The molecule has 0 bridgehead atoms. The van der Waals surface area contributed by atoms with Gasteiger partial charge in [0.15, 0.2) is 10.8 Å². The van der Waals surface area contributed by atoms with E-state index in [2.05, 4.69) is 15.2 Å². The van der Waals surface area contributed by atoms with E-state index < -0.39 is 29.2 Å². The van der Waals surface area contributed by atoms with Crippen molar-refractivity contribution in [2.75, 3.05) is 44.7 Å². The Hall–Kier alpha value is -4.33. The average Bonchev–Trinajstić information content (AvgIpc) is 3.69. The molecule has 2 unspecified atom stereocenters. The van der Waals surface area contributed by atoms with Gasteiger partial charge in [0.2, 0.25) is 0 Å². The number of piperazine rings is 1. The van der Waals surface area contributed by atoms with Crippen LogP contribution in [0.1, 0.15) is 36.0 Å². The number of methoxy groups -OCH3 is 1. The van der Waals surface area contributed by atoms with Gasteiger partial charge < -0.3 is 20.1 Å². The Morgan fingerprint density at radius 2 is 2.00 bits per heavy atom. The number of aromatic nitrogens is 1. The van der Waals surface area contributed by atoms with Crippen molar-refractivity contribution in [1.29, 1.82) is 0 Å².